The molecule has 0 aromatic heterocycles. The lowest BCUT2D eigenvalue weighted by atomic mass is 10.1. The van der Waals surface area contributed by atoms with E-state index in [2.05, 4.69) is 5.32 Å². The number of aliphatic carboxylic acids is 1. The Bertz CT molecular complexity index is 715. The predicted octanol–water partition coefficient (Wildman–Crippen LogP) is 2.98. The molecule has 1 heterocycles. The van der Waals surface area contributed by atoms with Crippen LogP contribution in [0.4, 0.5) is 11.4 Å². The third-order valence-electron chi connectivity index (χ3n) is 4.03. The summed E-state index contributed by atoms with van der Waals surface area (Å²) in [5, 5.41) is 12.3. The van der Waals surface area contributed by atoms with Crippen LogP contribution < -0.4 is 5.32 Å². The summed E-state index contributed by atoms with van der Waals surface area (Å²) in [5.74, 6) is -1.43. The first kappa shape index (κ1) is 15.1. The van der Waals surface area contributed by atoms with Crippen molar-refractivity contribution in [1.29, 1.82) is 0 Å². The Labute approximate surface area is 134 Å². The van der Waals surface area contributed by atoms with Crippen molar-refractivity contribution >= 4 is 23.3 Å². The lowest BCUT2D eigenvalue weighted by Crippen LogP contribution is -2.30. The molecule has 1 fully saturated rings. The number of benzene rings is 2. The molecule has 118 valence electrons. The molecule has 1 amide bonds. The van der Waals surface area contributed by atoms with E-state index in [0.29, 0.717) is 18.5 Å². The average molecular weight is 310 g/mol. The van der Waals surface area contributed by atoms with E-state index in [0.717, 1.165) is 11.4 Å². The number of hydrogen-bond donors (Lipinski definition) is 2. The maximum Gasteiger partial charge on any atom is 0.308 e. The van der Waals surface area contributed by atoms with Crippen molar-refractivity contribution in [2.24, 2.45) is 5.92 Å². The van der Waals surface area contributed by atoms with Gasteiger partial charge in [-0.1, -0.05) is 30.3 Å². The largest absolute Gasteiger partial charge is 0.481 e. The quantitative estimate of drug-likeness (QED) is 0.911. The number of carboxylic acids is 1. The van der Waals surface area contributed by atoms with Crippen molar-refractivity contribution in [2.45, 2.75) is 6.42 Å². The lowest BCUT2D eigenvalue weighted by Gasteiger charge is -2.18. The number of nitrogens with one attached hydrogen (secondary N) is 1. The molecule has 5 heteroatoms. The molecule has 3 rings (SSSR count). The van der Waals surface area contributed by atoms with Crippen LogP contribution in [0.2, 0.25) is 0 Å². The number of amides is 1. The second kappa shape index (κ2) is 6.52. The molecule has 0 bridgehead atoms. The second-order valence-electron chi connectivity index (χ2n) is 5.61. The van der Waals surface area contributed by atoms with Gasteiger partial charge in [-0.2, -0.15) is 0 Å². The van der Waals surface area contributed by atoms with Crippen LogP contribution in [0.15, 0.2) is 54.6 Å². The van der Waals surface area contributed by atoms with Gasteiger partial charge in [-0.3, -0.25) is 9.59 Å². The normalized spacial score (nSPS) is 17.0. The van der Waals surface area contributed by atoms with Gasteiger partial charge in [0, 0.05) is 18.8 Å². The number of hydrogen-bond acceptors (Lipinski definition) is 3. The summed E-state index contributed by atoms with van der Waals surface area (Å²) in [6, 6.07) is 16.9. The summed E-state index contributed by atoms with van der Waals surface area (Å²) in [6.07, 6.45) is 0.509. The van der Waals surface area contributed by atoms with Gasteiger partial charge < -0.3 is 15.3 Å². The standard InChI is InChI=1S/C18H18N2O3/c21-17(20-11-10-13(12-20)18(22)23)15-8-4-5-9-16(15)19-14-6-2-1-3-7-14/h1-9,13,19H,10-12H2,(H,22,23)/t13-/m0/s1. The minimum atomic E-state index is -0.837. The van der Waals surface area contributed by atoms with Gasteiger partial charge >= 0.3 is 5.97 Å². The minimum absolute atomic E-state index is 0.132. The number of rotatable bonds is 4. The van der Waals surface area contributed by atoms with Crippen LogP contribution >= 0.6 is 0 Å². The number of para-hydroxylation sites is 2. The van der Waals surface area contributed by atoms with Gasteiger partial charge in [0.2, 0.25) is 0 Å². The van der Waals surface area contributed by atoms with E-state index in [9.17, 15) is 9.59 Å². The molecule has 0 unspecified atom stereocenters. The highest BCUT2D eigenvalue weighted by atomic mass is 16.4. The molecular weight excluding hydrogens is 292 g/mol. The maximum absolute atomic E-state index is 12.7. The van der Waals surface area contributed by atoms with Gasteiger partial charge in [-0.15, -0.1) is 0 Å². The highest BCUT2D eigenvalue weighted by Crippen LogP contribution is 2.25. The van der Waals surface area contributed by atoms with Gasteiger partial charge in [0.25, 0.3) is 5.91 Å². The molecule has 0 radical (unpaired) electrons. The van der Waals surface area contributed by atoms with Gasteiger partial charge in [-0.05, 0) is 30.7 Å². The monoisotopic (exact) mass is 310 g/mol. The Kier molecular flexibility index (Phi) is 4.28. The van der Waals surface area contributed by atoms with E-state index in [1.165, 1.54) is 0 Å². The van der Waals surface area contributed by atoms with E-state index >= 15 is 0 Å². The van der Waals surface area contributed by atoms with Gasteiger partial charge in [-0.25, -0.2) is 0 Å². The smallest absolute Gasteiger partial charge is 0.308 e. The zero-order valence-electron chi connectivity index (χ0n) is 12.6. The van der Waals surface area contributed by atoms with Crippen LogP contribution in [0.25, 0.3) is 0 Å². The fraction of sp³-hybridized carbons (Fsp3) is 0.222. The van der Waals surface area contributed by atoms with E-state index in [-0.39, 0.29) is 12.5 Å². The Morgan fingerprint density at radius 1 is 1.04 bits per heavy atom. The van der Waals surface area contributed by atoms with Crippen molar-refractivity contribution in [3.05, 3.63) is 60.2 Å². The Balaban J connectivity index is 1.80. The highest BCUT2D eigenvalue weighted by molar-refractivity contribution is 6.00. The van der Waals surface area contributed by atoms with E-state index < -0.39 is 11.9 Å². The Morgan fingerprint density at radius 2 is 1.74 bits per heavy atom. The molecule has 2 N–H and O–H groups in total. The molecule has 1 aliphatic rings. The lowest BCUT2D eigenvalue weighted by molar-refractivity contribution is -0.141. The van der Waals surface area contributed by atoms with Crippen LogP contribution in [0.3, 0.4) is 0 Å². The Hall–Kier alpha value is -2.82. The van der Waals surface area contributed by atoms with Crippen LogP contribution in [-0.4, -0.2) is 35.0 Å². The molecule has 0 spiro atoms. The first-order chi connectivity index (χ1) is 11.1. The van der Waals surface area contributed by atoms with Crippen LogP contribution in [0.5, 0.6) is 0 Å². The van der Waals surface area contributed by atoms with Crippen molar-refractivity contribution in [1.82, 2.24) is 4.90 Å². The molecule has 2 aromatic carbocycles. The molecule has 2 aromatic rings. The summed E-state index contributed by atoms with van der Waals surface area (Å²) in [6.45, 7) is 0.753. The third kappa shape index (κ3) is 3.34. The van der Waals surface area contributed by atoms with Crippen molar-refractivity contribution in [3.8, 4) is 0 Å². The van der Waals surface area contributed by atoms with Gasteiger partial charge in [0.15, 0.2) is 0 Å². The van der Waals surface area contributed by atoms with Crippen LogP contribution in [0, 0.1) is 5.92 Å². The number of carbonyl (C=O) groups excluding carboxylic acids is 1. The predicted molar refractivity (Wildman–Crippen MR) is 87.8 cm³/mol. The third-order valence-corrected chi connectivity index (χ3v) is 4.03. The zero-order chi connectivity index (χ0) is 16.2. The molecule has 1 saturated heterocycles. The second-order valence-corrected chi connectivity index (χ2v) is 5.61. The summed E-state index contributed by atoms with van der Waals surface area (Å²) in [7, 11) is 0. The summed E-state index contributed by atoms with van der Waals surface area (Å²) in [5.41, 5.74) is 2.18. The summed E-state index contributed by atoms with van der Waals surface area (Å²) >= 11 is 0. The fourth-order valence-corrected chi connectivity index (χ4v) is 2.77. The number of carboxylic acid groups (broad SMARTS) is 1. The van der Waals surface area contributed by atoms with E-state index in [1.54, 1.807) is 11.0 Å². The maximum atomic E-state index is 12.7. The van der Waals surface area contributed by atoms with Crippen LogP contribution in [0.1, 0.15) is 16.8 Å². The number of nitrogens with zero attached hydrogens (tertiary/aromatic N) is 1. The fourth-order valence-electron chi connectivity index (χ4n) is 2.77. The Morgan fingerprint density at radius 3 is 2.43 bits per heavy atom. The first-order valence-corrected chi connectivity index (χ1v) is 7.58. The first-order valence-electron chi connectivity index (χ1n) is 7.58. The SMILES string of the molecule is O=C(O)[C@H]1CCN(C(=O)c2ccccc2Nc2ccccc2)C1. The number of likely N-dealkylation sites (tertiary alicyclic amines) is 1. The minimum Gasteiger partial charge on any atom is -0.481 e. The zero-order valence-corrected chi connectivity index (χ0v) is 12.6. The highest BCUT2D eigenvalue weighted by Gasteiger charge is 2.31. The van der Waals surface area contributed by atoms with Gasteiger partial charge in [0.1, 0.15) is 0 Å². The summed E-state index contributed by atoms with van der Waals surface area (Å²) in [4.78, 5) is 25.4. The molecule has 0 saturated carbocycles. The molecule has 5 nitrogen and oxygen atoms in total. The topological polar surface area (TPSA) is 69.6 Å². The van der Waals surface area contributed by atoms with E-state index in [1.807, 2.05) is 48.5 Å². The summed E-state index contributed by atoms with van der Waals surface area (Å²) < 4.78 is 0. The molecule has 0 aliphatic carbocycles. The molecule has 1 atom stereocenters. The van der Waals surface area contributed by atoms with E-state index in [4.69, 9.17) is 5.11 Å². The van der Waals surface area contributed by atoms with Crippen LogP contribution in [-0.2, 0) is 4.79 Å². The molecule has 23 heavy (non-hydrogen) atoms. The molecule has 1 aliphatic heterocycles. The molecular formula is C18H18N2O3. The van der Waals surface area contributed by atoms with Crippen molar-refractivity contribution in [3.63, 3.8) is 0 Å². The van der Waals surface area contributed by atoms with Crippen molar-refractivity contribution < 1.29 is 14.7 Å². The van der Waals surface area contributed by atoms with Crippen molar-refractivity contribution in [2.75, 3.05) is 18.4 Å². The average Bonchev–Trinajstić information content (AvgIpc) is 3.06. The number of carbonyl (C=O) groups is 2. The number of anilines is 2. The van der Waals surface area contributed by atoms with Gasteiger partial charge in [0.05, 0.1) is 17.2 Å².